The number of ether oxygens (including phenoxy) is 1. The summed E-state index contributed by atoms with van der Waals surface area (Å²) in [5.41, 5.74) is 8.33. The highest BCUT2D eigenvalue weighted by Crippen LogP contribution is 2.43. The first-order chi connectivity index (χ1) is 21.9. The van der Waals surface area contributed by atoms with Crippen molar-refractivity contribution in [1.82, 2.24) is 14.9 Å². The summed E-state index contributed by atoms with van der Waals surface area (Å²) in [6.07, 6.45) is 4.15. The van der Waals surface area contributed by atoms with E-state index >= 15 is 0 Å². The summed E-state index contributed by atoms with van der Waals surface area (Å²) in [6, 6.07) is 24.3. The fourth-order valence-electron chi connectivity index (χ4n) is 6.97. The number of likely N-dealkylation sites (tertiary alicyclic amines) is 1. The molecule has 228 valence electrons. The number of H-pyrrole nitrogens is 1. The lowest BCUT2D eigenvalue weighted by atomic mass is 9.95. The molecule has 0 spiro atoms. The zero-order valence-corrected chi connectivity index (χ0v) is 25.3. The van der Waals surface area contributed by atoms with Gasteiger partial charge in [0, 0.05) is 42.5 Å². The van der Waals surface area contributed by atoms with E-state index in [1.165, 1.54) is 24.0 Å². The summed E-state index contributed by atoms with van der Waals surface area (Å²) in [7, 11) is 0. The molecule has 45 heavy (non-hydrogen) atoms. The number of β-amino-alcohol motifs (C(OH)–C–C–N with tert-alkyl or cyclic N) is 1. The van der Waals surface area contributed by atoms with Crippen molar-refractivity contribution in [3.8, 4) is 28.1 Å². The molecule has 1 aliphatic carbocycles. The second kappa shape index (κ2) is 10.8. The first-order valence-electron chi connectivity index (χ1n) is 15.7. The number of hydrogen-bond acceptors (Lipinski definition) is 6. The summed E-state index contributed by atoms with van der Waals surface area (Å²) >= 11 is 0. The Bertz CT molecular complexity index is 1920. The Balaban J connectivity index is 1.11. The number of amides is 1. The van der Waals surface area contributed by atoms with Gasteiger partial charge in [-0.05, 0) is 83.8 Å². The van der Waals surface area contributed by atoms with E-state index in [-0.39, 0.29) is 12.5 Å². The number of rotatable bonds is 7. The molecule has 1 saturated heterocycles. The van der Waals surface area contributed by atoms with Gasteiger partial charge in [-0.2, -0.15) is 0 Å². The van der Waals surface area contributed by atoms with Crippen LogP contribution in [-0.4, -0.2) is 62.8 Å². The normalized spacial score (nSPS) is 17.9. The second-order valence-electron chi connectivity index (χ2n) is 12.9. The highest BCUT2D eigenvalue weighted by molar-refractivity contribution is 6.09. The standard InChI is InChI=1S/C37H36N4O4/c1-37(44)21-40(22-37)19-23-5-7-25(8-6-23)32-18-30-28(13-14-38-35(30)39-32)27-3-2-4-33(31(27)20-42)41-15-16-45-34-17-26(24-9-10-24)11-12-29(34)36(41)43/h2-8,11-14,17-18,24,42,44H,9-10,15-16,19-22H2,1H3,(H,38,39). The Kier molecular flexibility index (Phi) is 6.75. The van der Waals surface area contributed by atoms with Crippen molar-refractivity contribution >= 4 is 22.6 Å². The average Bonchev–Trinajstić information content (AvgIpc) is 3.82. The lowest BCUT2D eigenvalue weighted by Gasteiger charge is -2.44. The maximum atomic E-state index is 13.9. The third kappa shape index (κ3) is 5.19. The molecule has 0 bridgehead atoms. The predicted octanol–water partition coefficient (Wildman–Crippen LogP) is 5.87. The minimum Gasteiger partial charge on any atom is -0.491 e. The molecule has 3 aliphatic rings. The zero-order valence-electron chi connectivity index (χ0n) is 25.3. The van der Waals surface area contributed by atoms with E-state index in [9.17, 15) is 15.0 Å². The van der Waals surface area contributed by atoms with Gasteiger partial charge in [0.15, 0.2) is 0 Å². The number of carbonyl (C=O) groups excluding carboxylic acids is 1. The molecule has 5 aromatic rings. The number of benzene rings is 3. The highest BCUT2D eigenvalue weighted by atomic mass is 16.5. The number of aromatic nitrogens is 2. The van der Waals surface area contributed by atoms with Crippen molar-refractivity contribution < 1.29 is 19.7 Å². The predicted molar refractivity (Wildman–Crippen MR) is 174 cm³/mol. The Morgan fingerprint density at radius 1 is 1.00 bits per heavy atom. The van der Waals surface area contributed by atoms with E-state index in [4.69, 9.17) is 4.74 Å². The Labute approximate surface area is 261 Å². The molecule has 8 rings (SSSR count). The Hall–Kier alpha value is -4.50. The second-order valence-corrected chi connectivity index (χ2v) is 12.9. The molecule has 1 amide bonds. The fraction of sp³-hybridized carbons (Fsp3) is 0.297. The molecule has 8 nitrogen and oxygen atoms in total. The largest absolute Gasteiger partial charge is 0.491 e. The summed E-state index contributed by atoms with van der Waals surface area (Å²) < 4.78 is 6.07. The van der Waals surface area contributed by atoms with Crippen LogP contribution in [0.4, 0.5) is 5.69 Å². The van der Waals surface area contributed by atoms with Gasteiger partial charge in [-0.15, -0.1) is 0 Å². The highest BCUT2D eigenvalue weighted by Gasteiger charge is 2.36. The Morgan fingerprint density at radius 3 is 2.58 bits per heavy atom. The van der Waals surface area contributed by atoms with Crippen LogP contribution in [-0.2, 0) is 13.2 Å². The molecule has 0 unspecified atom stereocenters. The van der Waals surface area contributed by atoms with Crippen molar-refractivity contribution in [3.05, 3.63) is 101 Å². The van der Waals surface area contributed by atoms with E-state index in [0.717, 1.165) is 40.0 Å². The third-order valence-electron chi connectivity index (χ3n) is 9.32. The maximum absolute atomic E-state index is 13.9. The van der Waals surface area contributed by atoms with Crippen LogP contribution in [0, 0.1) is 0 Å². The van der Waals surface area contributed by atoms with Crippen LogP contribution < -0.4 is 9.64 Å². The van der Waals surface area contributed by atoms with Gasteiger partial charge < -0.3 is 24.8 Å². The number of aromatic amines is 1. The molecule has 8 heteroatoms. The molecule has 3 N–H and O–H groups in total. The molecule has 4 heterocycles. The SMILES string of the molecule is CC1(O)CN(Cc2ccc(-c3cc4c(-c5cccc(N6CCOc7cc(C8CC8)ccc7C6=O)c5CO)ccnc4[nH]3)cc2)C1. The van der Waals surface area contributed by atoms with Crippen LogP contribution in [0.1, 0.15) is 52.7 Å². The quantitative estimate of drug-likeness (QED) is 0.216. The van der Waals surface area contributed by atoms with Crippen molar-refractivity contribution in [1.29, 1.82) is 0 Å². The molecule has 1 saturated carbocycles. The van der Waals surface area contributed by atoms with Gasteiger partial charge in [-0.3, -0.25) is 9.69 Å². The van der Waals surface area contributed by atoms with Gasteiger partial charge in [0.1, 0.15) is 18.0 Å². The third-order valence-corrected chi connectivity index (χ3v) is 9.32. The number of pyridine rings is 1. The van der Waals surface area contributed by atoms with Crippen molar-refractivity contribution in [3.63, 3.8) is 0 Å². The number of anilines is 1. The van der Waals surface area contributed by atoms with Crippen molar-refractivity contribution in [2.75, 3.05) is 31.1 Å². The maximum Gasteiger partial charge on any atom is 0.262 e. The van der Waals surface area contributed by atoms with Gasteiger partial charge in [-0.1, -0.05) is 42.5 Å². The van der Waals surface area contributed by atoms with Gasteiger partial charge in [-0.25, -0.2) is 4.98 Å². The van der Waals surface area contributed by atoms with Crippen LogP contribution in [0.2, 0.25) is 0 Å². The molecule has 0 atom stereocenters. The van der Waals surface area contributed by atoms with Crippen LogP contribution >= 0.6 is 0 Å². The van der Waals surface area contributed by atoms with Crippen molar-refractivity contribution in [2.24, 2.45) is 0 Å². The minimum absolute atomic E-state index is 0.122. The summed E-state index contributed by atoms with van der Waals surface area (Å²) in [5.74, 6) is 1.10. The van der Waals surface area contributed by atoms with Gasteiger partial charge in [0.25, 0.3) is 5.91 Å². The van der Waals surface area contributed by atoms with Gasteiger partial charge >= 0.3 is 0 Å². The fourth-order valence-corrected chi connectivity index (χ4v) is 6.97. The molecule has 3 aromatic carbocycles. The van der Waals surface area contributed by atoms with E-state index in [1.54, 1.807) is 11.1 Å². The summed E-state index contributed by atoms with van der Waals surface area (Å²) in [5, 5.41) is 21.7. The average molecular weight is 601 g/mol. The van der Waals surface area contributed by atoms with E-state index < -0.39 is 5.60 Å². The number of aliphatic hydroxyl groups excluding tert-OH is 1. The number of nitrogens with one attached hydrogen (secondary N) is 1. The number of aliphatic hydroxyl groups is 2. The number of fused-ring (bicyclic) bond motifs is 2. The van der Waals surface area contributed by atoms with Crippen LogP contribution in [0.15, 0.2) is 79.0 Å². The van der Waals surface area contributed by atoms with E-state index in [1.807, 2.05) is 49.4 Å². The number of carbonyl (C=O) groups is 1. The molecular formula is C37H36N4O4. The lowest BCUT2D eigenvalue weighted by Crippen LogP contribution is -2.59. The first kappa shape index (κ1) is 28.0. The molecule has 2 aliphatic heterocycles. The number of nitrogens with zero attached hydrogens (tertiary/aromatic N) is 3. The van der Waals surface area contributed by atoms with Crippen molar-refractivity contribution in [2.45, 2.75) is 44.4 Å². The zero-order chi connectivity index (χ0) is 30.7. The summed E-state index contributed by atoms with van der Waals surface area (Å²) in [6.45, 7) is 4.60. The van der Waals surface area contributed by atoms with Crippen LogP contribution in [0.25, 0.3) is 33.4 Å². The monoisotopic (exact) mass is 600 g/mol. The topological polar surface area (TPSA) is 102 Å². The number of hydrogen-bond donors (Lipinski definition) is 3. The van der Waals surface area contributed by atoms with Crippen LogP contribution in [0.5, 0.6) is 5.75 Å². The molecular weight excluding hydrogens is 564 g/mol. The molecule has 2 aromatic heterocycles. The lowest BCUT2D eigenvalue weighted by molar-refractivity contribution is -0.0871. The van der Waals surface area contributed by atoms with Crippen LogP contribution in [0.3, 0.4) is 0 Å². The van der Waals surface area contributed by atoms with E-state index in [2.05, 4.69) is 45.2 Å². The van der Waals surface area contributed by atoms with Gasteiger partial charge in [0.2, 0.25) is 0 Å². The first-order valence-corrected chi connectivity index (χ1v) is 15.7. The summed E-state index contributed by atoms with van der Waals surface area (Å²) in [4.78, 5) is 26.0. The smallest absolute Gasteiger partial charge is 0.262 e. The molecule has 0 radical (unpaired) electrons. The minimum atomic E-state index is -0.577. The van der Waals surface area contributed by atoms with Gasteiger partial charge in [0.05, 0.1) is 30.0 Å². The Morgan fingerprint density at radius 2 is 1.82 bits per heavy atom. The van der Waals surface area contributed by atoms with E-state index in [0.29, 0.717) is 54.7 Å². The molecule has 2 fully saturated rings.